The van der Waals surface area contributed by atoms with Crippen molar-refractivity contribution in [2.75, 3.05) is 13.2 Å². The van der Waals surface area contributed by atoms with Crippen molar-refractivity contribution in [1.82, 2.24) is 4.90 Å². The van der Waals surface area contributed by atoms with E-state index in [1.165, 1.54) is 12.8 Å². The molecule has 2 aliphatic rings. The van der Waals surface area contributed by atoms with Crippen LogP contribution >= 0.6 is 0 Å². The molecule has 0 bridgehead atoms. The second-order valence-electron chi connectivity index (χ2n) is 4.82. The van der Waals surface area contributed by atoms with Crippen molar-refractivity contribution in [3.05, 3.63) is 35.4 Å². The van der Waals surface area contributed by atoms with Crippen molar-refractivity contribution < 1.29 is 4.74 Å². The summed E-state index contributed by atoms with van der Waals surface area (Å²) in [5, 5.41) is 9.09. The van der Waals surface area contributed by atoms with E-state index in [1.54, 1.807) is 0 Å². The van der Waals surface area contributed by atoms with Crippen LogP contribution in [0.4, 0.5) is 0 Å². The molecule has 88 valence electrons. The molecule has 1 aromatic rings. The molecular weight excluding hydrogens is 212 g/mol. The van der Waals surface area contributed by atoms with Gasteiger partial charge in [-0.1, -0.05) is 18.2 Å². The van der Waals surface area contributed by atoms with Crippen LogP contribution in [0.5, 0.6) is 0 Å². The molecule has 0 aromatic heterocycles. The number of hydrogen-bond acceptors (Lipinski definition) is 3. The van der Waals surface area contributed by atoms with Crippen LogP contribution in [0.15, 0.2) is 24.3 Å². The number of likely N-dealkylation sites (tertiary alicyclic amines) is 1. The molecule has 0 spiro atoms. The van der Waals surface area contributed by atoms with Gasteiger partial charge in [0.05, 0.1) is 24.3 Å². The first-order valence-electron chi connectivity index (χ1n) is 6.22. The van der Waals surface area contributed by atoms with Crippen LogP contribution in [0, 0.1) is 11.3 Å². The Hall–Kier alpha value is -1.37. The Morgan fingerprint density at radius 1 is 1.41 bits per heavy atom. The van der Waals surface area contributed by atoms with E-state index in [0.29, 0.717) is 12.1 Å². The predicted molar refractivity (Wildman–Crippen MR) is 64.3 cm³/mol. The van der Waals surface area contributed by atoms with Crippen LogP contribution in [0.2, 0.25) is 0 Å². The number of nitrogens with zero attached hydrogens (tertiary/aromatic N) is 2. The van der Waals surface area contributed by atoms with E-state index >= 15 is 0 Å². The maximum absolute atomic E-state index is 9.09. The van der Waals surface area contributed by atoms with E-state index in [0.717, 1.165) is 30.8 Å². The minimum Gasteiger partial charge on any atom is -0.371 e. The third-order valence-corrected chi connectivity index (χ3v) is 3.71. The van der Waals surface area contributed by atoms with Gasteiger partial charge in [-0.05, 0) is 31.0 Å². The molecular formula is C14H16N2O. The Bertz CT molecular complexity index is 448. The highest BCUT2D eigenvalue weighted by Crippen LogP contribution is 2.29. The van der Waals surface area contributed by atoms with Gasteiger partial charge in [-0.2, -0.15) is 5.26 Å². The summed E-state index contributed by atoms with van der Waals surface area (Å²) in [7, 11) is 0. The minimum absolute atomic E-state index is 0.451. The number of benzene rings is 1. The average Bonchev–Trinajstić information content (AvgIpc) is 3.11. The highest BCUT2D eigenvalue weighted by atomic mass is 16.6. The number of ether oxygens (including phenoxy) is 1. The minimum atomic E-state index is 0.451. The third kappa shape index (κ3) is 2.19. The van der Waals surface area contributed by atoms with Gasteiger partial charge in [-0.25, -0.2) is 0 Å². The average molecular weight is 228 g/mol. The number of nitriles is 1. The fraction of sp³-hybridized carbons (Fsp3) is 0.500. The zero-order chi connectivity index (χ0) is 11.7. The molecule has 3 nitrogen and oxygen atoms in total. The molecule has 2 fully saturated rings. The van der Waals surface area contributed by atoms with Crippen LogP contribution in [0.1, 0.15) is 24.0 Å². The monoisotopic (exact) mass is 228 g/mol. The van der Waals surface area contributed by atoms with Crippen molar-refractivity contribution in [3.8, 4) is 6.07 Å². The Morgan fingerprint density at radius 2 is 2.24 bits per heavy atom. The van der Waals surface area contributed by atoms with Gasteiger partial charge in [0.25, 0.3) is 0 Å². The summed E-state index contributed by atoms with van der Waals surface area (Å²) in [6.07, 6.45) is 2.94. The summed E-state index contributed by atoms with van der Waals surface area (Å²) in [5.41, 5.74) is 1.94. The smallest absolute Gasteiger partial charge is 0.0995 e. The molecule has 2 aliphatic heterocycles. The Labute approximate surface area is 102 Å². The van der Waals surface area contributed by atoms with Crippen molar-refractivity contribution >= 4 is 0 Å². The van der Waals surface area contributed by atoms with Gasteiger partial charge in [0.1, 0.15) is 0 Å². The zero-order valence-electron chi connectivity index (χ0n) is 9.80. The normalized spacial score (nSPS) is 27.9. The first kappa shape index (κ1) is 10.8. The van der Waals surface area contributed by atoms with Gasteiger partial charge < -0.3 is 4.74 Å². The largest absolute Gasteiger partial charge is 0.371 e. The van der Waals surface area contributed by atoms with Crippen molar-refractivity contribution in [2.24, 2.45) is 0 Å². The molecule has 0 unspecified atom stereocenters. The summed E-state index contributed by atoms with van der Waals surface area (Å²) in [4.78, 5) is 2.47. The van der Waals surface area contributed by atoms with E-state index in [9.17, 15) is 0 Å². The highest BCUT2D eigenvalue weighted by Gasteiger charge is 2.39. The Morgan fingerprint density at radius 3 is 3.00 bits per heavy atom. The maximum Gasteiger partial charge on any atom is 0.0995 e. The molecule has 1 aromatic carbocycles. The van der Waals surface area contributed by atoms with Crippen LogP contribution in [-0.4, -0.2) is 30.2 Å². The van der Waals surface area contributed by atoms with Crippen LogP contribution in [0.25, 0.3) is 0 Å². The molecule has 0 aliphatic carbocycles. The fourth-order valence-corrected chi connectivity index (χ4v) is 2.73. The summed E-state index contributed by atoms with van der Waals surface area (Å²) in [6, 6.07) is 10.7. The topological polar surface area (TPSA) is 39.6 Å². The first-order valence-corrected chi connectivity index (χ1v) is 6.22. The molecule has 2 saturated heterocycles. The Kier molecular flexibility index (Phi) is 2.84. The number of epoxide rings is 1. The van der Waals surface area contributed by atoms with Gasteiger partial charge in [0, 0.05) is 12.6 Å². The van der Waals surface area contributed by atoms with Crippen molar-refractivity contribution in [1.29, 1.82) is 5.26 Å². The van der Waals surface area contributed by atoms with E-state index in [1.807, 2.05) is 18.2 Å². The standard InChI is InChI=1S/C14H16N2O/c15-8-11-4-1-2-5-12(11)9-16-7-3-6-13(16)14-10-17-14/h1-2,4-5,13-14H,3,6-7,9-10H2/t13-,14+/m1/s1. The molecule has 17 heavy (non-hydrogen) atoms. The Balaban J connectivity index is 1.75. The second kappa shape index (κ2) is 4.48. The fourth-order valence-electron chi connectivity index (χ4n) is 2.73. The first-order chi connectivity index (χ1) is 8.38. The molecule has 2 atom stereocenters. The van der Waals surface area contributed by atoms with Gasteiger partial charge >= 0.3 is 0 Å². The van der Waals surface area contributed by atoms with E-state index in [-0.39, 0.29) is 0 Å². The van der Waals surface area contributed by atoms with Gasteiger partial charge in [0.15, 0.2) is 0 Å². The summed E-state index contributed by atoms with van der Waals surface area (Å²) in [5.74, 6) is 0. The second-order valence-corrected chi connectivity index (χ2v) is 4.82. The SMILES string of the molecule is N#Cc1ccccc1CN1CCC[C@@H]1[C@@H]1CO1. The lowest BCUT2D eigenvalue weighted by Crippen LogP contribution is -2.33. The highest BCUT2D eigenvalue weighted by molar-refractivity contribution is 5.37. The summed E-state index contributed by atoms with van der Waals surface area (Å²) < 4.78 is 5.41. The van der Waals surface area contributed by atoms with Crippen LogP contribution in [-0.2, 0) is 11.3 Å². The molecule has 0 saturated carbocycles. The third-order valence-electron chi connectivity index (χ3n) is 3.71. The molecule has 0 N–H and O–H groups in total. The molecule has 3 heteroatoms. The lowest BCUT2D eigenvalue weighted by atomic mass is 10.1. The van der Waals surface area contributed by atoms with E-state index in [2.05, 4.69) is 17.0 Å². The lowest BCUT2D eigenvalue weighted by molar-refractivity contribution is 0.201. The van der Waals surface area contributed by atoms with Crippen LogP contribution < -0.4 is 0 Å². The van der Waals surface area contributed by atoms with Gasteiger partial charge in [-0.15, -0.1) is 0 Å². The summed E-state index contributed by atoms with van der Waals surface area (Å²) >= 11 is 0. The molecule has 0 radical (unpaired) electrons. The zero-order valence-corrected chi connectivity index (χ0v) is 9.80. The maximum atomic E-state index is 9.09. The predicted octanol–water partition coefficient (Wildman–Crippen LogP) is 1.92. The lowest BCUT2D eigenvalue weighted by Gasteiger charge is -2.23. The van der Waals surface area contributed by atoms with Gasteiger partial charge in [-0.3, -0.25) is 4.90 Å². The van der Waals surface area contributed by atoms with E-state index in [4.69, 9.17) is 10.00 Å². The molecule has 2 heterocycles. The molecule has 3 rings (SSSR count). The number of rotatable bonds is 3. The summed E-state index contributed by atoms with van der Waals surface area (Å²) in [6.45, 7) is 2.93. The number of hydrogen-bond donors (Lipinski definition) is 0. The molecule has 0 amide bonds. The van der Waals surface area contributed by atoms with Crippen molar-refractivity contribution in [2.45, 2.75) is 31.5 Å². The van der Waals surface area contributed by atoms with Gasteiger partial charge in [0.2, 0.25) is 0 Å². The van der Waals surface area contributed by atoms with Crippen molar-refractivity contribution in [3.63, 3.8) is 0 Å². The van der Waals surface area contributed by atoms with Crippen LogP contribution in [0.3, 0.4) is 0 Å². The quantitative estimate of drug-likeness (QED) is 0.742. The van der Waals surface area contributed by atoms with E-state index < -0.39 is 0 Å².